The van der Waals surface area contributed by atoms with Crippen molar-refractivity contribution in [1.29, 1.82) is 0 Å². The normalized spacial score (nSPS) is 11.3. The number of nitrogen functional groups attached to an aromatic ring is 1. The number of rotatable bonds is 1. The second kappa shape index (κ2) is 4.73. The third kappa shape index (κ3) is 2.15. The number of hydrogen-bond donors (Lipinski definition) is 1. The van der Waals surface area contributed by atoms with E-state index in [1.54, 1.807) is 0 Å². The monoisotopic (exact) mass is 359 g/mol. The van der Waals surface area contributed by atoms with Crippen LogP contribution in [0.3, 0.4) is 0 Å². The molecule has 0 saturated carbocycles. The predicted molar refractivity (Wildman–Crippen MR) is 73.0 cm³/mol. The molecule has 0 aliphatic heterocycles. The van der Waals surface area contributed by atoms with Crippen molar-refractivity contribution < 1.29 is 17.6 Å². The van der Waals surface area contributed by atoms with Crippen LogP contribution < -0.4 is 5.73 Å². The summed E-state index contributed by atoms with van der Waals surface area (Å²) in [6.45, 7) is 0. The number of fused-ring (bicyclic) bond motifs is 1. The maximum Gasteiger partial charge on any atom is 0.206 e. The van der Waals surface area contributed by atoms with Gasteiger partial charge in [-0.3, -0.25) is 4.57 Å². The fourth-order valence-electron chi connectivity index (χ4n) is 2.03. The third-order valence-corrected chi connectivity index (χ3v) is 3.56. The molecule has 0 atom stereocenters. The second-order valence-corrected chi connectivity index (χ2v) is 5.13. The van der Waals surface area contributed by atoms with Crippen LogP contribution in [0.15, 0.2) is 28.7 Å². The fraction of sp³-hybridized carbons (Fsp3) is 0. The summed E-state index contributed by atoms with van der Waals surface area (Å²) in [7, 11) is 0. The topological polar surface area (TPSA) is 43.8 Å². The summed E-state index contributed by atoms with van der Waals surface area (Å²) < 4.78 is 54.9. The van der Waals surface area contributed by atoms with Gasteiger partial charge in [0.2, 0.25) is 5.95 Å². The highest BCUT2D eigenvalue weighted by Gasteiger charge is 2.18. The van der Waals surface area contributed by atoms with Gasteiger partial charge in [-0.2, -0.15) is 0 Å². The number of nitrogens with two attached hydrogens (primary N) is 1. The molecule has 3 rings (SSSR count). The number of hydrogen-bond acceptors (Lipinski definition) is 2. The van der Waals surface area contributed by atoms with Crippen LogP contribution in [0.5, 0.6) is 0 Å². The molecule has 0 fully saturated rings. The lowest BCUT2D eigenvalue weighted by molar-refractivity contribution is 0.493. The van der Waals surface area contributed by atoms with Gasteiger partial charge in [0.25, 0.3) is 0 Å². The summed E-state index contributed by atoms with van der Waals surface area (Å²) in [6.07, 6.45) is 0. The number of anilines is 1. The molecule has 21 heavy (non-hydrogen) atoms. The maximum absolute atomic E-state index is 13.9. The van der Waals surface area contributed by atoms with Crippen LogP contribution in [-0.4, -0.2) is 9.55 Å². The van der Waals surface area contributed by atoms with E-state index in [9.17, 15) is 17.6 Å². The van der Waals surface area contributed by atoms with Crippen molar-refractivity contribution in [2.75, 3.05) is 5.73 Å². The number of halogens is 5. The lowest BCUT2D eigenvalue weighted by Gasteiger charge is -2.09. The van der Waals surface area contributed by atoms with E-state index < -0.39 is 23.3 Å². The van der Waals surface area contributed by atoms with Gasteiger partial charge < -0.3 is 5.73 Å². The summed E-state index contributed by atoms with van der Waals surface area (Å²) in [5, 5.41) is 0. The Balaban J connectivity index is 2.37. The zero-order valence-corrected chi connectivity index (χ0v) is 11.8. The number of aromatic nitrogens is 2. The van der Waals surface area contributed by atoms with Gasteiger partial charge >= 0.3 is 0 Å². The average molecular weight is 360 g/mol. The Kier molecular flexibility index (Phi) is 3.12. The molecular formula is C13H6BrF4N3. The average Bonchev–Trinajstić information content (AvgIpc) is 2.70. The molecule has 2 N–H and O–H groups in total. The molecule has 108 valence electrons. The first-order chi connectivity index (χ1) is 9.88. The lowest BCUT2D eigenvalue weighted by Crippen LogP contribution is -2.04. The molecule has 0 saturated heterocycles. The molecule has 3 nitrogen and oxygen atoms in total. The van der Waals surface area contributed by atoms with Crippen molar-refractivity contribution in [1.82, 2.24) is 9.55 Å². The van der Waals surface area contributed by atoms with Crippen LogP contribution >= 0.6 is 15.9 Å². The molecule has 0 aliphatic rings. The van der Waals surface area contributed by atoms with E-state index in [1.807, 2.05) is 0 Å². The molecule has 1 aromatic heterocycles. The summed E-state index contributed by atoms with van der Waals surface area (Å²) in [5.41, 5.74) is 5.78. The Morgan fingerprint density at radius 1 is 0.905 bits per heavy atom. The largest absolute Gasteiger partial charge is 0.369 e. The number of benzene rings is 2. The minimum absolute atomic E-state index is 0.110. The Morgan fingerprint density at radius 2 is 1.57 bits per heavy atom. The first kappa shape index (κ1) is 13.9. The Morgan fingerprint density at radius 3 is 2.29 bits per heavy atom. The van der Waals surface area contributed by atoms with E-state index in [0.29, 0.717) is 12.1 Å². The smallest absolute Gasteiger partial charge is 0.206 e. The zero-order valence-electron chi connectivity index (χ0n) is 10.2. The zero-order chi connectivity index (χ0) is 15.3. The van der Waals surface area contributed by atoms with Crippen molar-refractivity contribution in [3.05, 3.63) is 52.0 Å². The standard InChI is InChI=1S/C13H6BrF4N3/c14-5-1-12-10(3-6(5)15)20-13(19)21(12)11-4-8(17)7(16)2-9(11)18/h1-4H,(H2,19,20). The van der Waals surface area contributed by atoms with Crippen LogP contribution in [0, 0.1) is 23.3 Å². The Labute approximate surface area is 124 Å². The van der Waals surface area contributed by atoms with Crippen molar-refractivity contribution in [3.63, 3.8) is 0 Å². The predicted octanol–water partition coefficient (Wildman–Crippen LogP) is 3.93. The Bertz CT molecular complexity index is 876. The Hall–Kier alpha value is -2.09. The first-order valence-electron chi connectivity index (χ1n) is 5.66. The van der Waals surface area contributed by atoms with E-state index >= 15 is 0 Å². The maximum atomic E-state index is 13.9. The first-order valence-corrected chi connectivity index (χ1v) is 6.45. The van der Waals surface area contributed by atoms with Crippen molar-refractivity contribution in [2.24, 2.45) is 0 Å². The van der Waals surface area contributed by atoms with E-state index in [2.05, 4.69) is 20.9 Å². The molecule has 0 unspecified atom stereocenters. The van der Waals surface area contributed by atoms with Gasteiger partial charge in [0.1, 0.15) is 11.6 Å². The summed E-state index contributed by atoms with van der Waals surface area (Å²) >= 11 is 2.99. The van der Waals surface area contributed by atoms with Crippen LogP contribution in [-0.2, 0) is 0 Å². The molecule has 0 radical (unpaired) electrons. The van der Waals surface area contributed by atoms with Gasteiger partial charge in [-0.15, -0.1) is 0 Å². The third-order valence-electron chi connectivity index (χ3n) is 2.95. The number of nitrogens with zero attached hydrogens (tertiary/aromatic N) is 2. The van der Waals surface area contributed by atoms with Gasteiger partial charge in [0.05, 0.1) is 21.2 Å². The van der Waals surface area contributed by atoms with Crippen molar-refractivity contribution >= 4 is 32.9 Å². The SMILES string of the molecule is Nc1nc2cc(F)c(Br)cc2n1-c1cc(F)c(F)cc1F. The van der Waals surface area contributed by atoms with E-state index in [0.717, 1.165) is 10.6 Å². The highest BCUT2D eigenvalue weighted by atomic mass is 79.9. The molecule has 3 aromatic rings. The van der Waals surface area contributed by atoms with Crippen LogP contribution in [0.2, 0.25) is 0 Å². The minimum atomic E-state index is -1.31. The molecular weight excluding hydrogens is 354 g/mol. The lowest BCUT2D eigenvalue weighted by atomic mass is 10.2. The molecule has 0 bridgehead atoms. The molecule has 8 heteroatoms. The molecule has 0 aliphatic carbocycles. The summed E-state index contributed by atoms with van der Waals surface area (Å²) in [4.78, 5) is 3.88. The molecule has 2 aromatic carbocycles. The van der Waals surface area contributed by atoms with Gasteiger partial charge in [-0.05, 0) is 22.0 Å². The van der Waals surface area contributed by atoms with E-state index in [1.165, 1.54) is 6.07 Å². The van der Waals surface area contributed by atoms with Crippen LogP contribution in [0.25, 0.3) is 16.7 Å². The van der Waals surface area contributed by atoms with Gasteiger partial charge in [-0.25, -0.2) is 22.5 Å². The molecule has 0 amide bonds. The van der Waals surface area contributed by atoms with Gasteiger partial charge in [-0.1, -0.05) is 0 Å². The minimum Gasteiger partial charge on any atom is -0.369 e. The van der Waals surface area contributed by atoms with Crippen molar-refractivity contribution in [3.8, 4) is 5.69 Å². The summed E-state index contributed by atoms with van der Waals surface area (Å²) in [6, 6.07) is 3.51. The highest BCUT2D eigenvalue weighted by molar-refractivity contribution is 9.10. The molecule has 0 spiro atoms. The van der Waals surface area contributed by atoms with Gasteiger partial charge in [0, 0.05) is 18.2 Å². The quantitative estimate of drug-likeness (QED) is 0.528. The van der Waals surface area contributed by atoms with Crippen molar-refractivity contribution in [2.45, 2.75) is 0 Å². The van der Waals surface area contributed by atoms with Crippen LogP contribution in [0.4, 0.5) is 23.5 Å². The summed E-state index contributed by atoms with van der Waals surface area (Å²) in [5.74, 6) is -4.30. The highest BCUT2D eigenvalue weighted by Crippen LogP contribution is 2.29. The van der Waals surface area contributed by atoms with E-state index in [-0.39, 0.29) is 27.1 Å². The van der Waals surface area contributed by atoms with Gasteiger partial charge in [0.15, 0.2) is 11.6 Å². The fourth-order valence-corrected chi connectivity index (χ4v) is 2.36. The number of imidazole rings is 1. The second-order valence-electron chi connectivity index (χ2n) is 4.28. The van der Waals surface area contributed by atoms with Crippen LogP contribution in [0.1, 0.15) is 0 Å². The van der Waals surface area contributed by atoms with E-state index in [4.69, 9.17) is 5.73 Å². The molecule has 1 heterocycles.